The smallest absolute Gasteiger partial charge is 0.0771 e. The maximum atomic E-state index is 3.40. The Morgan fingerprint density at radius 3 is 1.60 bits per heavy atom. The second-order valence-electron chi connectivity index (χ2n) is 8.71. The Morgan fingerprint density at radius 1 is 0.900 bits per heavy atom. The molecule has 0 heterocycles. The summed E-state index contributed by atoms with van der Waals surface area (Å²) in [6.45, 7) is 15.3. The molecular weight excluding hydrogens is 486 g/mol. The van der Waals surface area contributed by atoms with Crippen molar-refractivity contribution in [3.63, 3.8) is 0 Å². The molecule has 0 aromatic heterocycles. The van der Waals surface area contributed by atoms with E-state index < -0.39 is 0 Å². The van der Waals surface area contributed by atoms with Crippen molar-refractivity contribution >= 4 is 24.8 Å². The van der Waals surface area contributed by atoms with Crippen molar-refractivity contribution < 1.29 is 49.0 Å². The van der Waals surface area contributed by atoms with Crippen LogP contribution in [0.4, 0.5) is 0 Å². The van der Waals surface area contributed by atoms with Gasteiger partial charge in [-0.1, -0.05) is 82.3 Å². The van der Waals surface area contributed by atoms with Crippen LogP contribution in [0.1, 0.15) is 48.5 Å². The van der Waals surface area contributed by atoms with E-state index in [9.17, 15) is 0 Å². The second kappa shape index (κ2) is 12.9. The van der Waals surface area contributed by atoms with Crippen molar-refractivity contribution in [1.29, 1.82) is 0 Å². The van der Waals surface area contributed by atoms with E-state index >= 15 is 0 Å². The predicted molar refractivity (Wildman–Crippen MR) is 123 cm³/mol. The van der Waals surface area contributed by atoms with E-state index in [1.165, 1.54) is 35.9 Å². The van der Waals surface area contributed by atoms with Crippen LogP contribution in [0.3, 0.4) is 0 Å². The van der Waals surface area contributed by atoms with Gasteiger partial charge in [0.2, 0.25) is 0 Å². The van der Waals surface area contributed by atoms with Gasteiger partial charge in [0.25, 0.3) is 0 Å². The molecule has 0 bridgehead atoms. The van der Waals surface area contributed by atoms with Gasteiger partial charge in [-0.2, -0.15) is 11.6 Å². The second-order valence-corrected chi connectivity index (χ2v) is 11.2. The summed E-state index contributed by atoms with van der Waals surface area (Å²) in [5, 5.41) is 5.39. The van der Waals surface area contributed by atoms with Crippen LogP contribution >= 0.6 is 0 Å². The molecule has 0 saturated carbocycles. The van der Waals surface area contributed by atoms with Gasteiger partial charge in [-0.15, -0.1) is 39.7 Å². The Balaban J connectivity index is 0.000000457. The zero-order valence-corrected chi connectivity index (χ0v) is 23.1. The van der Waals surface area contributed by atoms with Crippen molar-refractivity contribution in [3.8, 4) is 0 Å². The van der Waals surface area contributed by atoms with E-state index in [0.29, 0.717) is 11.3 Å². The molecule has 3 aromatic rings. The van der Waals surface area contributed by atoms with Gasteiger partial charge >= 0.3 is 41.3 Å². The molecule has 0 spiro atoms. The average Bonchev–Trinajstić information content (AvgIpc) is 3.14. The fraction of sp³-hybridized carbons (Fsp3) is 0.333. The molecule has 3 heteroatoms. The molecule has 0 amide bonds. The maximum Gasteiger partial charge on any atom is -0.0771 e. The third kappa shape index (κ3) is 8.34. The van der Waals surface area contributed by atoms with E-state index in [1.54, 1.807) is 24.2 Å². The van der Waals surface area contributed by atoms with Crippen LogP contribution in [0, 0.1) is 17.4 Å². The summed E-state index contributed by atoms with van der Waals surface area (Å²) < 4.78 is 1.51. The summed E-state index contributed by atoms with van der Waals surface area (Å²) in [5.41, 5.74) is 3.09. The zero-order chi connectivity index (χ0) is 20.9. The Morgan fingerprint density at radius 2 is 1.30 bits per heavy atom. The molecule has 160 valence electrons. The third-order valence-electron chi connectivity index (χ3n) is 4.60. The van der Waals surface area contributed by atoms with Crippen molar-refractivity contribution in [1.82, 2.24) is 0 Å². The summed E-state index contributed by atoms with van der Waals surface area (Å²) in [4.78, 5) is 0. The first-order valence-electron chi connectivity index (χ1n) is 9.97. The molecule has 1 atom stereocenters. The van der Waals surface area contributed by atoms with Crippen molar-refractivity contribution in [3.05, 3.63) is 77.9 Å². The van der Waals surface area contributed by atoms with Crippen molar-refractivity contribution in [2.24, 2.45) is 11.3 Å². The van der Waals surface area contributed by atoms with Crippen LogP contribution in [0.25, 0.3) is 21.5 Å². The fourth-order valence-electron chi connectivity index (χ4n) is 3.55. The summed E-state index contributed by atoms with van der Waals surface area (Å²) in [7, 11) is 0. The largest absolute Gasteiger partial charge is 1.00 e. The number of fused-ring (bicyclic) bond motifs is 3. The van der Waals surface area contributed by atoms with Gasteiger partial charge in [0, 0.05) is 0 Å². The quantitative estimate of drug-likeness (QED) is 0.399. The Labute approximate surface area is 210 Å². The topological polar surface area (TPSA) is 0 Å². The molecule has 0 saturated heterocycles. The molecule has 0 radical (unpaired) electrons. The Bertz CT molecular complexity index is 962. The summed E-state index contributed by atoms with van der Waals surface area (Å²) in [6, 6.07) is 19.3. The van der Waals surface area contributed by atoms with Crippen molar-refractivity contribution in [2.45, 2.75) is 48.5 Å². The van der Waals surface area contributed by atoms with E-state index in [4.69, 9.17) is 0 Å². The first-order chi connectivity index (χ1) is 13.1. The number of benzene rings is 2. The van der Waals surface area contributed by atoms with E-state index in [-0.39, 0.29) is 24.8 Å². The number of hydrogen-bond acceptors (Lipinski definition) is 0. The number of rotatable bonds is 0. The van der Waals surface area contributed by atoms with Gasteiger partial charge in [-0.25, -0.2) is 5.57 Å². The van der Waals surface area contributed by atoms with Gasteiger partial charge in [0.15, 0.2) is 0 Å². The molecule has 4 rings (SSSR count). The molecule has 3 aromatic carbocycles. The number of hydrogen-bond donors (Lipinski definition) is 0. The minimum Gasteiger partial charge on any atom is -1.00 e. The van der Waals surface area contributed by atoms with Gasteiger partial charge in [0.1, 0.15) is 0 Å². The van der Waals surface area contributed by atoms with Crippen LogP contribution in [0.15, 0.2) is 71.8 Å². The fourth-order valence-corrected chi connectivity index (χ4v) is 3.55. The molecule has 0 aliphatic heterocycles. The summed E-state index contributed by atoms with van der Waals surface area (Å²) in [6.07, 6.45) is 5.71. The standard InChI is InChI=1S/C13H9.C11H17.C3H6.2ClH.Zr/c1-3-7-12-10(5-1)9-11-6-2-4-8-13(11)12;1-8-6-9(2)10(7-8)11(3,4)5;1-3-2;;;/h1-9H;7-8H,1-5H3;1-2H3;2*1H;/q2*-1;;;;+2/p-2. The van der Waals surface area contributed by atoms with Gasteiger partial charge in [0.05, 0.1) is 0 Å². The molecule has 1 aliphatic carbocycles. The van der Waals surface area contributed by atoms with Crippen LogP contribution in [0.5, 0.6) is 0 Å². The molecular formula is C27H32Cl2Zr-2. The first kappa shape index (κ1) is 29.1. The molecule has 30 heavy (non-hydrogen) atoms. The SMILES string of the molecule is CC1=[C-]C(C)C=C1C(C)(C)C.C[C](C)=[Zr+2].[Cl-].[Cl-].c1ccc2c(c1)[cH-]c1ccccc12. The van der Waals surface area contributed by atoms with E-state index in [1.807, 2.05) is 0 Å². The summed E-state index contributed by atoms with van der Waals surface area (Å²) in [5.74, 6) is 0.518. The normalized spacial score (nSPS) is 14.9. The minimum absolute atomic E-state index is 0. The number of halogens is 2. The Kier molecular flexibility index (Phi) is 12.5. The average molecular weight is 519 g/mol. The van der Waals surface area contributed by atoms with Crippen molar-refractivity contribution in [2.75, 3.05) is 0 Å². The molecule has 1 unspecified atom stereocenters. The molecule has 1 aliphatic rings. The number of allylic oxidation sites excluding steroid dienone is 4. The van der Waals surface area contributed by atoms with Crippen LogP contribution < -0.4 is 24.8 Å². The zero-order valence-electron chi connectivity index (χ0n) is 19.1. The van der Waals surface area contributed by atoms with Crippen LogP contribution in [0.2, 0.25) is 0 Å². The van der Waals surface area contributed by atoms with Crippen LogP contribution in [-0.2, 0) is 24.2 Å². The molecule has 0 N–H and O–H groups in total. The molecule has 0 nitrogen and oxygen atoms in total. The third-order valence-corrected chi connectivity index (χ3v) is 4.60. The maximum absolute atomic E-state index is 3.40. The van der Waals surface area contributed by atoms with E-state index in [0.717, 1.165) is 0 Å². The minimum atomic E-state index is 0. The Hall–Kier alpha value is -0.877. The van der Waals surface area contributed by atoms with Gasteiger partial charge < -0.3 is 24.8 Å². The predicted octanol–water partition coefficient (Wildman–Crippen LogP) is 1.82. The monoisotopic (exact) mass is 516 g/mol. The van der Waals surface area contributed by atoms with Gasteiger partial charge in [-0.3, -0.25) is 6.08 Å². The van der Waals surface area contributed by atoms with Crippen LogP contribution in [-0.4, -0.2) is 3.21 Å². The van der Waals surface area contributed by atoms with Gasteiger partial charge in [-0.05, 0) is 0 Å². The van der Waals surface area contributed by atoms with E-state index in [2.05, 4.69) is 115 Å². The summed E-state index contributed by atoms with van der Waals surface area (Å²) >= 11 is 1.55. The first-order valence-corrected chi connectivity index (χ1v) is 11.2. The molecule has 0 fully saturated rings.